The fourth-order valence-electron chi connectivity index (χ4n) is 1.85. The minimum Gasteiger partial charge on any atom is -0.325 e. The van der Waals surface area contributed by atoms with Gasteiger partial charge in [-0.15, -0.1) is 0 Å². The Hall–Kier alpha value is -0.120. The Kier molecular flexibility index (Phi) is 2.86. The van der Waals surface area contributed by atoms with Gasteiger partial charge in [-0.25, -0.2) is 0 Å². The monoisotopic (exact) mass is 184 g/mol. The van der Waals surface area contributed by atoms with Gasteiger partial charge in [-0.2, -0.15) is 5.06 Å². The lowest BCUT2D eigenvalue weighted by molar-refractivity contribution is -0.110. The molecule has 2 N–H and O–H groups in total. The molecule has 2 fully saturated rings. The highest BCUT2D eigenvalue weighted by Crippen LogP contribution is 2.36. The number of hydrogen-bond acceptors (Lipinski definition) is 3. The number of nitrogens with two attached hydrogens (primary N) is 1. The molecule has 3 heteroatoms. The fourth-order valence-corrected chi connectivity index (χ4v) is 1.85. The molecule has 1 saturated carbocycles. The zero-order chi connectivity index (χ0) is 9.15. The van der Waals surface area contributed by atoms with Crippen LogP contribution in [0.4, 0.5) is 0 Å². The summed E-state index contributed by atoms with van der Waals surface area (Å²) in [6, 6.07) is 0. The Labute approximate surface area is 80.2 Å². The van der Waals surface area contributed by atoms with Gasteiger partial charge in [0.25, 0.3) is 0 Å². The first-order chi connectivity index (χ1) is 6.29. The molecule has 13 heavy (non-hydrogen) atoms. The standard InChI is InChI=1S/C10H20N2O/c11-10(5-6-10)4-1-2-7-12-8-3-9-13-12/h1-9,11H2. The van der Waals surface area contributed by atoms with Crippen molar-refractivity contribution in [3.63, 3.8) is 0 Å². The molecule has 0 aromatic heterocycles. The van der Waals surface area contributed by atoms with Crippen LogP contribution in [0.25, 0.3) is 0 Å². The summed E-state index contributed by atoms with van der Waals surface area (Å²) in [5.74, 6) is 0. The van der Waals surface area contributed by atoms with Gasteiger partial charge in [0.05, 0.1) is 6.61 Å². The summed E-state index contributed by atoms with van der Waals surface area (Å²) in [5.41, 5.74) is 6.24. The first-order valence-electron chi connectivity index (χ1n) is 5.45. The molecule has 76 valence electrons. The van der Waals surface area contributed by atoms with Crippen LogP contribution in [0.1, 0.15) is 38.5 Å². The smallest absolute Gasteiger partial charge is 0.0698 e. The molecule has 1 heterocycles. The van der Waals surface area contributed by atoms with Gasteiger partial charge in [-0.05, 0) is 32.1 Å². The molecule has 1 aliphatic heterocycles. The largest absolute Gasteiger partial charge is 0.325 e. The summed E-state index contributed by atoms with van der Waals surface area (Å²) in [6.07, 6.45) is 7.39. The number of nitrogens with zero attached hydrogens (tertiary/aromatic N) is 1. The second kappa shape index (κ2) is 3.95. The average Bonchev–Trinajstić information content (AvgIpc) is 2.69. The minimum absolute atomic E-state index is 0.242. The van der Waals surface area contributed by atoms with Crippen LogP contribution < -0.4 is 5.73 Å². The van der Waals surface area contributed by atoms with Crippen LogP contribution in [0.5, 0.6) is 0 Å². The predicted octanol–water partition coefficient (Wildman–Crippen LogP) is 1.29. The van der Waals surface area contributed by atoms with E-state index in [1.165, 1.54) is 38.5 Å². The third-order valence-electron chi connectivity index (χ3n) is 3.05. The highest BCUT2D eigenvalue weighted by Gasteiger charge is 2.36. The van der Waals surface area contributed by atoms with Crippen LogP contribution in [-0.2, 0) is 4.84 Å². The van der Waals surface area contributed by atoms with E-state index >= 15 is 0 Å². The third kappa shape index (κ3) is 2.93. The lowest BCUT2D eigenvalue weighted by Crippen LogP contribution is -2.23. The van der Waals surface area contributed by atoms with Gasteiger partial charge in [0.2, 0.25) is 0 Å². The molecule has 2 rings (SSSR count). The van der Waals surface area contributed by atoms with Crippen LogP contribution in [0.2, 0.25) is 0 Å². The van der Waals surface area contributed by atoms with Crippen LogP contribution in [0.3, 0.4) is 0 Å². The van der Waals surface area contributed by atoms with Gasteiger partial charge in [0.1, 0.15) is 0 Å². The van der Waals surface area contributed by atoms with Gasteiger partial charge in [-0.1, -0.05) is 6.42 Å². The van der Waals surface area contributed by atoms with Gasteiger partial charge in [0, 0.05) is 18.6 Å². The summed E-state index contributed by atoms with van der Waals surface area (Å²) < 4.78 is 0. The summed E-state index contributed by atoms with van der Waals surface area (Å²) >= 11 is 0. The number of rotatable bonds is 5. The summed E-state index contributed by atoms with van der Waals surface area (Å²) in [7, 11) is 0. The van der Waals surface area contributed by atoms with E-state index in [0.29, 0.717) is 0 Å². The molecule has 0 atom stereocenters. The maximum Gasteiger partial charge on any atom is 0.0698 e. The molecule has 2 aliphatic rings. The van der Waals surface area contributed by atoms with E-state index in [0.717, 1.165) is 19.7 Å². The van der Waals surface area contributed by atoms with Crippen molar-refractivity contribution >= 4 is 0 Å². The lowest BCUT2D eigenvalue weighted by Gasteiger charge is -2.14. The molecule has 1 aliphatic carbocycles. The Balaban J connectivity index is 1.48. The van der Waals surface area contributed by atoms with Crippen molar-refractivity contribution < 1.29 is 4.84 Å². The maximum atomic E-state index is 6.00. The second-order valence-electron chi connectivity index (χ2n) is 4.44. The zero-order valence-corrected chi connectivity index (χ0v) is 8.30. The van der Waals surface area contributed by atoms with Crippen molar-refractivity contribution in [1.29, 1.82) is 0 Å². The van der Waals surface area contributed by atoms with Crippen molar-refractivity contribution in [2.45, 2.75) is 44.1 Å². The Morgan fingerprint density at radius 3 is 2.77 bits per heavy atom. The van der Waals surface area contributed by atoms with E-state index in [9.17, 15) is 0 Å². The number of unbranched alkanes of at least 4 members (excludes halogenated alkanes) is 1. The first-order valence-corrected chi connectivity index (χ1v) is 5.45. The molecular weight excluding hydrogens is 164 g/mol. The normalized spacial score (nSPS) is 26.5. The molecular formula is C10H20N2O. The molecule has 0 radical (unpaired) electrons. The molecule has 0 aromatic carbocycles. The van der Waals surface area contributed by atoms with E-state index in [4.69, 9.17) is 10.6 Å². The number of hydrogen-bond donors (Lipinski definition) is 1. The van der Waals surface area contributed by atoms with Crippen LogP contribution in [-0.4, -0.2) is 30.3 Å². The van der Waals surface area contributed by atoms with E-state index in [2.05, 4.69) is 5.06 Å². The molecule has 0 spiro atoms. The van der Waals surface area contributed by atoms with Crippen LogP contribution in [0.15, 0.2) is 0 Å². The maximum absolute atomic E-state index is 6.00. The summed E-state index contributed by atoms with van der Waals surface area (Å²) in [5, 5.41) is 2.09. The molecule has 0 bridgehead atoms. The average molecular weight is 184 g/mol. The first kappa shape index (κ1) is 9.44. The SMILES string of the molecule is NC1(CCCCN2CCCO2)CC1. The van der Waals surface area contributed by atoms with E-state index in [-0.39, 0.29) is 5.54 Å². The van der Waals surface area contributed by atoms with Gasteiger partial charge in [0.15, 0.2) is 0 Å². The van der Waals surface area contributed by atoms with E-state index in [1.807, 2.05) is 0 Å². The predicted molar refractivity (Wildman–Crippen MR) is 52.1 cm³/mol. The summed E-state index contributed by atoms with van der Waals surface area (Å²) in [4.78, 5) is 5.40. The van der Waals surface area contributed by atoms with E-state index < -0.39 is 0 Å². The van der Waals surface area contributed by atoms with Crippen molar-refractivity contribution in [2.24, 2.45) is 5.73 Å². The highest BCUT2D eigenvalue weighted by atomic mass is 16.7. The molecule has 0 aromatic rings. The van der Waals surface area contributed by atoms with Crippen LogP contribution >= 0.6 is 0 Å². The zero-order valence-electron chi connectivity index (χ0n) is 8.30. The van der Waals surface area contributed by atoms with E-state index in [1.54, 1.807) is 0 Å². The Morgan fingerprint density at radius 1 is 1.31 bits per heavy atom. The van der Waals surface area contributed by atoms with Crippen molar-refractivity contribution in [2.75, 3.05) is 19.7 Å². The van der Waals surface area contributed by atoms with Gasteiger partial charge in [-0.3, -0.25) is 4.84 Å². The second-order valence-corrected chi connectivity index (χ2v) is 4.44. The minimum atomic E-state index is 0.242. The van der Waals surface area contributed by atoms with Crippen molar-refractivity contribution in [3.05, 3.63) is 0 Å². The van der Waals surface area contributed by atoms with Crippen molar-refractivity contribution in [3.8, 4) is 0 Å². The number of hydroxylamine groups is 2. The highest BCUT2D eigenvalue weighted by molar-refractivity contribution is 4.98. The van der Waals surface area contributed by atoms with Crippen molar-refractivity contribution in [1.82, 2.24) is 5.06 Å². The summed E-state index contributed by atoms with van der Waals surface area (Å²) in [6.45, 7) is 3.13. The van der Waals surface area contributed by atoms with Crippen LogP contribution in [0, 0.1) is 0 Å². The third-order valence-corrected chi connectivity index (χ3v) is 3.05. The van der Waals surface area contributed by atoms with Gasteiger partial charge >= 0.3 is 0 Å². The Bertz CT molecular complexity index is 162. The molecule has 0 unspecified atom stereocenters. The molecule has 0 amide bonds. The fraction of sp³-hybridized carbons (Fsp3) is 1.00. The topological polar surface area (TPSA) is 38.5 Å². The Morgan fingerprint density at radius 2 is 2.15 bits per heavy atom. The quantitative estimate of drug-likeness (QED) is 0.654. The lowest BCUT2D eigenvalue weighted by atomic mass is 10.1. The van der Waals surface area contributed by atoms with Gasteiger partial charge < -0.3 is 5.73 Å². The molecule has 1 saturated heterocycles. The molecule has 3 nitrogen and oxygen atoms in total.